The van der Waals surface area contributed by atoms with Crippen LogP contribution in [0.15, 0.2) is 12.1 Å². The summed E-state index contributed by atoms with van der Waals surface area (Å²) < 4.78 is 46.9. The highest BCUT2D eigenvalue weighted by atomic mass is 19.4. The smallest absolute Gasteiger partial charge is 0.420 e. The van der Waals surface area contributed by atoms with E-state index in [9.17, 15) is 18.0 Å². The Balaban J connectivity index is 1.79. The molecular weight excluding hydrogens is 425 g/mol. The van der Waals surface area contributed by atoms with Gasteiger partial charge in [0.25, 0.3) is 0 Å². The van der Waals surface area contributed by atoms with E-state index in [-0.39, 0.29) is 17.2 Å². The summed E-state index contributed by atoms with van der Waals surface area (Å²) in [6, 6.07) is 2.28. The van der Waals surface area contributed by atoms with Crippen LogP contribution in [0.1, 0.15) is 44.5 Å². The number of amides is 1. The number of anilines is 1. The molecule has 11 heteroatoms. The van der Waals surface area contributed by atoms with Crippen molar-refractivity contribution < 1.29 is 22.7 Å². The van der Waals surface area contributed by atoms with E-state index < -0.39 is 11.7 Å². The van der Waals surface area contributed by atoms with Crippen molar-refractivity contribution in [3.63, 3.8) is 0 Å². The lowest BCUT2D eigenvalue weighted by Crippen LogP contribution is -2.25. The third kappa shape index (κ3) is 5.20. The fraction of sp³-hybridized carbons (Fsp3) is 0.524. The molecule has 174 valence electrons. The number of alkyl halides is 3. The average Bonchev–Trinajstić information content (AvgIpc) is 3.10. The maximum atomic E-state index is 13.5. The van der Waals surface area contributed by atoms with Crippen LogP contribution in [0.5, 0.6) is 5.75 Å². The highest BCUT2D eigenvalue weighted by Gasteiger charge is 2.35. The minimum absolute atomic E-state index is 0.0389. The number of nitrogens with zero attached hydrogens (tertiary/aromatic N) is 4. The number of unbranched alkanes of at least 4 members (excludes halogenated alkanes) is 1. The summed E-state index contributed by atoms with van der Waals surface area (Å²) in [5, 5.41) is 14.2. The topological polar surface area (TPSA) is 93.4 Å². The summed E-state index contributed by atoms with van der Waals surface area (Å²) in [4.78, 5) is 16.2. The van der Waals surface area contributed by atoms with Gasteiger partial charge in [0.1, 0.15) is 11.6 Å². The van der Waals surface area contributed by atoms with Gasteiger partial charge in [-0.25, -0.2) is 4.98 Å². The molecule has 0 spiro atoms. The molecule has 1 aromatic carbocycles. The molecule has 0 aliphatic heterocycles. The van der Waals surface area contributed by atoms with Gasteiger partial charge in [-0.05, 0) is 31.7 Å². The normalized spacial score (nSPS) is 12.0. The van der Waals surface area contributed by atoms with Gasteiger partial charge in [-0.2, -0.15) is 13.2 Å². The van der Waals surface area contributed by atoms with Crippen molar-refractivity contribution in [3.8, 4) is 5.75 Å². The van der Waals surface area contributed by atoms with Crippen LogP contribution in [0, 0.1) is 12.8 Å². The van der Waals surface area contributed by atoms with E-state index in [4.69, 9.17) is 4.74 Å². The molecule has 1 amide bonds. The number of hydrogen-bond acceptors (Lipinski definition) is 6. The molecule has 0 saturated carbocycles. The molecule has 2 heterocycles. The lowest BCUT2D eigenvalue weighted by Gasteiger charge is -2.15. The quantitative estimate of drug-likeness (QED) is 0.477. The van der Waals surface area contributed by atoms with Crippen molar-refractivity contribution in [2.24, 2.45) is 5.92 Å². The SMILES string of the molecule is COc1cc2nc(NCCCCNC(=O)CC(C)C)c3nnc(C)n3c2cc1C(F)(F)F. The van der Waals surface area contributed by atoms with Crippen molar-refractivity contribution in [2.75, 3.05) is 25.5 Å². The predicted molar refractivity (Wildman–Crippen MR) is 115 cm³/mol. The Hall–Kier alpha value is -3.11. The molecule has 0 unspecified atom stereocenters. The molecule has 2 aromatic heterocycles. The second-order valence-electron chi connectivity index (χ2n) is 7.99. The van der Waals surface area contributed by atoms with Crippen molar-refractivity contribution >= 4 is 28.4 Å². The molecule has 0 aliphatic rings. The number of rotatable bonds is 9. The van der Waals surface area contributed by atoms with Gasteiger partial charge >= 0.3 is 6.18 Å². The van der Waals surface area contributed by atoms with Gasteiger partial charge in [0, 0.05) is 25.6 Å². The fourth-order valence-electron chi connectivity index (χ4n) is 3.44. The summed E-state index contributed by atoms with van der Waals surface area (Å²) in [6.45, 7) is 6.78. The molecule has 32 heavy (non-hydrogen) atoms. The van der Waals surface area contributed by atoms with Gasteiger partial charge in [0.2, 0.25) is 11.6 Å². The van der Waals surface area contributed by atoms with Crippen molar-refractivity contribution in [3.05, 3.63) is 23.5 Å². The molecule has 0 fully saturated rings. The Kier molecular flexibility index (Phi) is 7.05. The van der Waals surface area contributed by atoms with Crippen LogP contribution in [0.2, 0.25) is 0 Å². The van der Waals surface area contributed by atoms with Gasteiger partial charge in [-0.3, -0.25) is 9.20 Å². The second kappa shape index (κ2) is 9.58. The summed E-state index contributed by atoms with van der Waals surface area (Å²) in [5.74, 6) is 0.920. The van der Waals surface area contributed by atoms with E-state index in [1.54, 1.807) is 11.3 Å². The van der Waals surface area contributed by atoms with Gasteiger partial charge in [0.15, 0.2) is 5.82 Å². The first kappa shape index (κ1) is 23.6. The van der Waals surface area contributed by atoms with Crippen LogP contribution in [0.25, 0.3) is 16.7 Å². The maximum absolute atomic E-state index is 13.5. The number of carbonyl (C=O) groups excluding carboxylic acids is 1. The minimum Gasteiger partial charge on any atom is -0.496 e. The first-order chi connectivity index (χ1) is 15.1. The van der Waals surface area contributed by atoms with Crippen LogP contribution >= 0.6 is 0 Å². The maximum Gasteiger partial charge on any atom is 0.420 e. The van der Waals surface area contributed by atoms with Crippen molar-refractivity contribution in [1.29, 1.82) is 0 Å². The Morgan fingerprint density at radius 3 is 2.56 bits per heavy atom. The van der Waals surface area contributed by atoms with E-state index >= 15 is 0 Å². The van der Waals surface area contributed by atoms with E-state index in [2.05, 4.69) is 25.8 Å². The zero-order chi connectivity index (χ0) is 23.5. The zero-order valence-corrected chi connectivity index (χ0v) is 18.5. The van der Waals surface area contributed by atoms with E-state index in [1.165, 1.54) is 13.2 Å². The standard InChI is InChI=1S/C21H27F3N6O2/c1-12(2)9-18(31)25-7-5-6-8-26-19-20-29-28-13(3)30(20)16-10-14(21(22,23)24)17(32-4)11-15(16)27-19/h10-12H,5-9H2,1-4H3,(H,25,31)(H,26,27). The molecule has 8 nitrogen and oxygen atoms in total. The first-order valence-electron chi connectivity index (χ1n) is 10.4. The van der Waals surface area contributed by atoms with E-state index in [0.29, 0.717) is 48.2 Å². The van der Waals surface area contributed by atoms with Crippen molar-refractivity contribution in [2.45, 2.75) is 46.2 Å². The molecule has 0 bridgehead atoms. The summed E-state index contributed by atoms with van der Waals surface area (Å²) in [6.07, 6.45) is -2.54. The molecule has 0 atom stereocenters. The van der Waals surface area contributed by atoms with Gasteiger partial charge in [-0.1, -0.05) is 13.8 Å². The third-order valence-electron chi connectivity index (χ3n) is 4.92. The number of halogens is 3. The largest absolute Gasteiger partial charge is 0.496 e. The number of carbonyl (C=O) groups is 1. The van der Waals surface area contributed by atoms with Crippen LogP contribution in [-0.4, -0.2) is 45.7 Å². The molecule has 3 rings (SSSR count). The molecule has 0 radical (unpaired) electrons. The lowest BCUT2D eigenvalue weighted by molar-refractivity contribution is -0.138. The first-order valence-corrected chi connectivity index (χ1v) is 10.4. The summed E-state index contributed by atoms with van der Waals surface area (Å²) in [7, 11) is 1.19. The van der Waals surface area contributed by atoms with Gasteiger partial charge in [-0.15, -0.1) is 10.2 Å². The number of nitrogens with one attached hydrogen (secondary N) is 2. The molecule has 2 N–H and O–H groups in total. The van der Waals surface area contributed by atoms with Gasteiger partial charge < -0.3 is 15.4 Å². The number of aryl methyl sites for hydroxylation is 1. The highest BCUT2D eigenvalue weighted by Crippen LogP contribution is 2.39. The molecule has 0 saturated heterocycles. The number of hydrogen-bond donors (Lipinski definition) is 2. The number of ether oxygens (including phenoxy) is 1. The highest BCUT2D eigenvalue weighted by molar-refractivity contribution is 5.85. The summed E-state index contributed by atoms with van der Waals surface area (Å²) >= 11 is 0. The van der Waals surface area contributed by atoms with Crippen LogP contribution in [0.3, 0.4) is 0 Å². The van der Waals surface area contributed by atoms with E-state index in [1.807, 2.05) is 13.8 Å². The monoisotopic (exact) mass is 452 g/mol. The van der Waals surface area contributed by atoms with Gasteiger partial charge in [0.05, 0.1) is 23.7 Å². The average molecular weight is 452 g/mol. The van der Waals surface area contributed by atoms with Crippen LogP contribution < -0.4 is 15.4 Å². The Morgan fingerprint density at radius 2 is 1.91 bits per heavy atom. The second-order valence-corrected chi connectivity index (χ2v) is 7.99. The van der Waals surface area contributed by atoms with Crippen LogP contribution in [0.4, 0.5) is 19.0 Å². The number of methoxy groups -OCH3 is 1. The van der Waals surface area contributed by atoms with E-state index in [0.717, 1.165) is 18.9 Å². The Morgan fingerprint density at radius 1 is 1.19 bits per heavy atom. The number of benzene rings is 1. The fourth-order valence-corrected chi connectivity index (χ4v) is 3.44. The molecular formula is C21H27F3N6O2. The zero-order valence-electron chi connectivity index (χ0n) is 18.5. The molecule has 0 aliphatic carbocycles. The third-order valence-corrected chi connectivity index (χ3v) is 4.92. The summed E-state index contributed by atoms with van der Waals surface area (Å²) in [5.41, 5.74) is 0.0326. The van der Waals surface area contributed by atoms with Crippen molar-refractivity contribution in [1.82, 2.24) is 24.9 Å². The van der Waals surface area contributed by atoms with Crippen LogP contribution in [-0.2, 0) is 11.0 Å². The molecule has 3 aromatic rings. The minimum atomic E-state index is -4.57. The Labute approximate surface area is 183 Å². The Bertz CT molecular complexity index is 1110. The lowest BCUT2D eigenvalue weighted by atomic mass is 10.1. The number of aromatic nitrogens is 4. The number of fused-ring (bicyclic) bond motifs is 3. The predicted octanol–water partition coefficient (Wildman–Crippen LogP) is 3.97.